The molecule has 2 aliphatic carbocycles. The molecule has 0 saturated heterocycles. The Kier molecular flexibility index (Phi) is 2.97. The highest BCUT2D eigenvalue weighted by Gasteiger charge is 2.24. The molecule has 0 atom stereocenters. The maximum atomic E-state index is 2.43. The molecule has 0 N–H and O–H groups in total. The minimum absolute atomic E-state index is 0.760. The van der Waals surface area contributed by atoms with E-state index in [4.69, 9.17) is 0 Å². The molecule has 0 fully saturated rings. The molecule has 4 rings (SSSR count). The zero-order valence-electron chi connectivity index (χ0n) is 12.7. The fourth-order valence-electron chi connectivity index (χ4n) is 3.77. The minimum atomic E-state index is -0.760. The molecule has 2 aliphatic rings. The average Bonchev–Trinajstić information content (AvgIpc) is 3.11. The molecule has 21 heavy (non-hydrogen) atoms. The van der Waals surface area contributed by atoms with Gasteiger partial charge in [-0.3, -0.25) is 0 Å². The summed E-state index contributed by atoms with van der Waals surface area (Å²) in [5.41, 5.74) is 9.02. The Morgan fingerprint density at radius 2 is 1.62 bits per heavy atom. The van der Waals surface area contributed by atoms with E-state index >= 15 is 0 Å². The SMILES string of the molecule is C[SiH](C)C1=C(c2cccc3c2Cc2ccccc2-3)CC=C1. The van der Waals surface area contributed by atoms with Gasteiger partial charge in [-0.1, -0.05) is 72.9 Å². The Morgan fingerprint density at radius 3 is 2.48 bits per heavy atom. The second kappa shape index (κ2) is 4.85. The van der Waals surface area contributed by atoms with Crippen LogP contribution in [0.3, 0.4) is 0 Å². The van der Waals surface area contributed by atoms with E-state index in [1.165, 1.54) is 22.3 Å². The van der Waals surface area contributed by atoms with E-state index in [-0.39, 0.29) is 0 Å². The number of allylic oxidation sites excluding steroid dienone is 4. The van der Waals surface area contributed by atoms with Crippen molar-refractivity contribution in [3.8, 4) is 11.1 Å². The summed E-state index contributed by atoms with van der Waals surface area (Å²) in [6, 6.07) is 15.7. The molecule has 0 bridgehead atoms. The molecule has 0 saturated carbocycles. The summed E-state index contributed by atoms with van der Waals surface area (Å²) in [5, 5.41) is 1.65. The smallest absolute Gasteiger partial charge is 0.0651 e. The van der Waals surface area contributed by atoms with Crippen LogP contribution in [0.25, 0.3) is 16.7 Å². The molecule has 0 aromatic heterocycles. The summed E-state index contributed by atoms with van der Waals surface area (Å²) in [7, 11) is -0.760. The van der Waals surface area contributed by atoms with Gasteiger partial charge in [-0.2, -0.15) is 0 Å². The standard InChI is InChI=1S/C20H20Si/c1-21(2)20-12-6-11-18(20)17-10-5-9-16-15-8-4-3-7-14(15)13-19(16)17/h3-10,12,21H,11,13H2,1-2H3. The number of hydrogen-bond donors (Lipinski definition) is 0. The molecule has 2 aromatic carbocycles. The first-order chi connectivity index (χ1) is 10.3. The lowest BCUT2D eigenvalue weighted by atomic mass is 9.95. The van der Waals surface area contributed by atoms with Gasteiger partial charge in [0.05, 0.1) is 8.80 Å². The van der Waals surface area contributed by atoms with Crippen molar-refractivity contribution in [3.05, 3.63) is 76.5 Å². The average molecular weight is 288 g/mol. The van der Waals surface area contributed by atoms with E-state index < -0.39 is 8.80 Å². The molecule has 0 aliphatic heterocycles. The summed E-state index contributed by atoms with van der Waals surface area (Å²) >= 11 is 0. The van der Waals surface area contributed by atoms with Crippen LogP contribution in [0.4, 0.5) is 0 Å². The van der Waals surface area contributed by atoms with Gasteiger partial charge in [0.1, 0.15) is 0 Å². The van der Waals surface area contributed by atoms with Crippen LogP contribution in [0, 0.1) is 0 Å². The Labute approximate surface area is 128 Å². The van der Waals surface area contributed by atoms with Gasteiger partial charge >= 0.3 is 0 Å². The maximum absolute atomic E-state index is 2.43. The van der Waals surface area contributed by atoms with Gasteiger partial charge in [0.15, 0.2) is 0 Å². The highest BCUT2D eigenvalue weighted by Crippen LogP contribution is 2.42. The lowest BCUT2D eigenvalue weighted by molar-refractivity contribution is 1.23. The van der Waals surface area contributed by atoms with Crippen molar-refractivity contribution in [2.24, 2.45) is 0 Å². The fraction of sp³-hybridized carbons (Fsp3) is 0.200. The number of fused-ring (bicyclic) bond motifs is 3. The van der Waals surface area contributed by atoms with Crippen molar-refractivity contribution in [1.29, 1.82) is 0 Å². The molecule has 1 heteroatoms. The van der Waals surface area contributed by atoms with Crippen LogP contribution in [0.1, 0.15) is 23.1 Å². The summed E-state index contributed by atoms with van der Waals surface area (Å²) in [5.74, 6) is 0. The lowest BCUT2D eigenvalue weighted by Crippen LogP contribution is -2.05. The molecule has 0 amide bonds. The van der Waals surface area contributed by atoms with Crippen molar-refractivity contribution in [2.45, 2.75) is 25.9 Å². The van der Waals surface area contributed by atoms with Crippen molar-refractivity contribution in [2.75, 3.05) is 0 Å². The topological polar surface area (TPSA) is 0 Å². The first kappa shape index (κ1) is 12.8. The van der Waals surface area contributed by atoms with Gasteiger partial charge in [-0.05, 0) is 46.2 Å². The second-order valence-electron chi connectivity index (χ2n) is 6.36. The second-order valence-corrected chi connectivity index (χ2v) is 9.29. The minimum Gasteiger partial charge on any atom is -0.0802 e. The molecule has 2 aromatic rings. The Balaban J connectivity index is 1.90. The van der Waals surface area contributed by atoms with Gasteiger partial charge in [0.25, 0.3) is 0 Å². The summed E-state index contributed by atoms with van der Waals surface area (Å²) in [4.78, 5) is 0. The maximum Gasteiger partial charge on any atom is 0.0651 e. The molecule has 0 heterocycles. The van der Waals surface area contributed by atoms with Crippen LogP contribution in [0.5, 0.6) is 0 Å². The van der Waals surface area contributed by atoms with Crippen LogP contribution in [-0.2, 0) is 6.42 Å². The Bertz CT molecular complexity index is 778. The zero-order valence-corrected chi connectivity index (χ0v) is 13.8. The van der Waals surface area contributed by atoms with Gasteiger partial charge < -0.3 is 0 Å². The van der Waals surface area contributed by atoms with E-state index in [2.05, 4.69) is 67.7 Å². The lowest BCUT2D eigenvalue weighted by Gasteiger charge is -2.14. The van der Waals surface area contributed by atoms with E-state index in [0.29, 0.717) is 0 Å². The molecule has 0 radical (unpaired) electrons. The Morgan fingerprint density at radius 1 is 0.857 bits per heavy atom. The zero-order chi connectivity index (χ0) is 14.4. The number of benzene rings is 2. The first-order valence-electron chi connectivity index (χ1n) is 7.86. The molecule has 104 valence electrons. The van der Waals surface area contributed by atoms with Crippen molar-refractivity contribution < 1.29 is 0 Å². The van der Waals surface area contributed by atoms with Gasteiger partial charge in [-0.15, -0.1) is 0 Å². The summed E-state index contributed by atoms with van der Waals surface area (Å²) in [6.45, 7) is 4.87. The summed E-state index contributed by atoms with van der Waals surface area (Å²) < 4.78 is 0. The third-order valence-electron chi connectivity index (χ3n) is 4.77. The fourth-order valence-corrected chi connectivity index (χ4v) is 5.26. The quantitative estimate of drug-likeness (QED) is 0.582. The number of rotatable bonds is 2. The van der Waals surface area contributed by atoms with Crippen LogP contribution >= 0.6 is 0 Å². The van der Waals surface area contributed by atoms with E-state index in [9.17, 15) is 0 Å². The van der Waals surface area contributed by atoms with Crippen LogP contribution < -0.4 is 0 Å². The van der Waals surface area contributed by atoms with Crippen LogP contribution in [0.2, 0.25) is 13.1 Å². The first-order valence-corrected chi connectivity index (χ1v) is 10.7. The van der Waals surface area contributed by atoms with Crippen LogP contribution in [0.15, 0.2) is 59.8 Å². The monoisotopic (exact) mass is 288 g/mol. The normalized spacial score (nSPS) is 15.8. The predicted octanol–water partition coefficient (Wildman–Crippen LogP) is 5.00. The Hall–Kier alpha value is -1.86. The van der Waals surface area contributed by atoms with Gasteiger partial charge in [-0.25, -0.2) is 0 Å². The van der Waals surface area contributed by atoms with Crippen molar-refractivity contribution in [3.63, 3.8) is 0 Å². The van der Waals surface area contributed by atoms with Crippen molar-refractivity contribution in [1.82, 2.24) is 0 Å². The molecular formula is C20H20Si. The largest absolute Gasteiger partial charge is 0.0802 e. The highest BCUT2D eigenvalue weighted by molar-refractivity contribution is 6.66. The molecule has 0 spiro atoms. The molecule has 0 unspecified atom stereocenters. The van der Waals surface area contributed by atoms with Gasteiger partial charge in [0.2, 0.25) is 0 Å². The molecule has 0 nitrogen and oxygen atoms in total. The molecular weight excluding hydrogens is 268 g/mol. The van der Waals surface area contributed by atoms with Crippen LogP contribution in [-0.4, -0.2) is 8.80 Å². The van der Waals surface area contributed by atoms with E-state index in [0.717, 1.165) is 12.8 Å². The number of hydrogen-bond acceptors (Lipinski definition) is 0. The van der Waals surface area contributed by atoms with Gasteiger partial charge in [0, 0.05) is 0 Å². The van der Waals surface area contributed by atoms with E-state index in [1.807, 2.05) is 0 Å². The van der Waals surface area contributed by atoms with Crippen molar-refractivity contribution >= 4 is 14.4 Å². The third-order valence-corrected chi connectivity index (χ3v) is 6.55. The highest BCUT2D eigenvalue weighted by atomic mass is 28.3. The van der Waals surface area contributed by atoms with E-state index in [1.54, 1.807) is 16.3 Å². The third kappa shape index (κ3) is 1.96. The summed E-state index contributed by atoms with van der Waals surface area (Å²) in [6.07, 6.45) is 6.94. The predicted molar refractivity (Wildman–Crippen MR) is 94.2 cm³/mol.